The van der Waals surface area contributed by atoms with Crippen LogP contribution in [0.3, 0.4) is 0 Å². The first-order valence-electron chi connectivity index (χ1n) is 9.80. The van der Waals surface area contributed by atoms with Gasteiger partial charge in [-0.2, -0.15) is 0 Å². The molecule has 31 heavy (non-hydrogen) atoms. The molecule has 1 aliphatic heterocycles. The topological polar surface area (TPSA) is 84.4 Å². The average molecular weight is 436 g/mol. The Kier molecular flexibility index (Phi) is 6.04. The van der Waals surface area contributed by atoms with E-state index in [1.807, 2.05) is 48.5 Å². The van der Waals surface area contributed by atoms with E-state index in [9.17, 15) is 0 Å². The van der Waals surface area contributed by atoms with Crippen molar-refractivity contribution in [1.82, 2.24) is 20.3 Å². The van der Waals surface area contributed by atoms with E-state index in [4.69, 9.17) is 14.5 Å². The normalized spacial score (nSPS) is 12.7. The minimum atomic E-state index is 0. The highest BCUT2D eigenvalue weighted by atomic mass is 35.5. The SMILES string of the molecule is COc1cc(-c2nc3ccc(C4=NCCN4)cc3[nH]2)ccc1OCc1ccccn1.Cl. The summed E-state index contributed by atoms with van der Waals surface area (Å²) in [5.74, 6) is 3.02. The average Bonchev–Trinajstić information content (AvgIpc) is 3.48. The highest BCUT2D eigenvalue weighted by Crippen LogP contribution is 2.33. The second-order valence-electron chi connectivity index (χ2n) is 6.95. The Morgan fingerprint density at radius 3 is 2.68 bits per heavy atom. The Morgan fingerprint density at radius 2 is 1.90 bits per heavy atom. The van der Waals surface area contributed by atoms with Gasteiger partial charge in [-0.05, 0) is 48.5 Å². The third-order valence-electron chi connectivity index (χ3n) is 4.97. The maximum absolute atomic E-state index is 5.90. The zero-order chi connectivity index (χ0) is 20.3. The van der Waals surface area contributed by atoms with Crippen molar-refractivity contribution in [2.24, 2.45) is 4.99 Å². The minimum absolute atomic E-state index is 0. The van der Waals surface area contributed by atoms with Gasteiger partial charge in [0.2, 0.25) is 0 Å². The summed E-state index contributed by atoms with van der Waals surface area (Å²) in [4.78, 5) is 16.9. The number of hydrogen-bond donors (Lipinski definition) is 2. The number of amidine groups is 1. The molecule has 0 fully saturated rings. The molecule has 1 aliphatic rings. The molecule has 0 unspecified atom stereocenters. The summed E-state index contributed by atoms with van der Waals surface area (Å²) in [5.41, 5.74) is 4.71. The number of pyridine rings is 1. The number of benzene rings is 2. The number of nitrogens with one attached hydrogen (secondary N) is 2. The quantitative estimate of drug-likeness (QED) is 0.478. The molecule has 5 rings (SSSR count). The van der Waals surface area contributed by atoms with Gasteiger partial charge in [-0.15, -0.1) is 12.4 Å². The molecule has 2 aromatic heterocycles. The van der Waals surface area contributed by atoms with E-state index in [0.29, 0.717) is 18.1 Å². The third kappa shape index (κ3) is 4.32. The number of ether oxygens (including phenoxy) is 2. The van der Waals surface area contributed by atoms with Crippen LogP contribution in [0.4, 0.5) is 0 Å². The van der Waals surface area contributed by atoms with Gasteiger partial charge in [0.25, 0.3) is 0 Å². The summed E-state index contributed by atoms with van der Waals surface area (Å²) < 4.78 is 11.4. The summed E-state index contributed by atoms with van der Waals surface area (Å²) >= 11 is 0. The van der Waals surface area contributed by atoms with Crippen LogP contribution in [0.25, 0.3) is 22.4 Å². The fraction of sp³-hybridized carbons (Fsp3) is 0.174. The van der Waals surface area contributed by atoms with Crippen molar-refractivity contribution in [3.63, 3.8) is 0 Å². The molecular formula is C23H22ClN5O2. The standard InChI is InChI=1S/C23H21N5O2.ClH/c1-29-21-13-16(6-8-20(21)30-14-17-4-2-3-9-24-17)23-27-18-7-5-15(12-19(18)28-23)22-25-10-11-26-22;/h2-9,12-13H,10-11,14H2,1H3,(H,25,26)(H,27,28);1H. The molecule has 4 aromatic rings. The predicted octanol–water partition coefficient (Wildman–Crippen LogP) is 3.98. The fourth-order valence-corrected chi connectivity index (χ4v) is 3.45. The molecule has 0 saturated carbocycles. The van der Waals surface area contributed by atoms with Crippen LogP contribution in [0.15, 0.2) is 65.8 Å². The van der Waals surface area contributed by atoms with Gasteiger partial charge in [0.1, 0.15) is 18.3 Å². The maximum atomic E-state index is 5.90. The Balaban J connectivity index is 0.00000231. The van der Waals surface area contributed by atoms with E-state index in [1.54, 1.807) is 13.3 Å². The van der Waals surface area contributed by atoms with Gasteiger partial charge in [0, 0.05) is 23.9 Å². The molecule has 0 saturated heterocycles. The molecule has 8 heteroatoms. The number of rotatable bonds is 6. The van der Waals surface area contributed by atoms with Crippen molar-refractivity contribution in [1.29, 1.82) is 0 Å². The first kappa shape index (κ1) is 20.7. The van der Waals surface area contributed by atoms with Gasteiger partial charge in [-0.1, -0.05) is 6.07 Å². The molecule has 7 nitrogen and oxygen atoms in total. The lowest BCUT2D eigenvalue weighted by Crippen LogP contribution is -2.19. The predicted molar refractivity (Wildman–Crippen MR) is 123 cm³/mol. The summed E-state index contributed by atoms with van der Waals surface area (Å²) in [7, 11) is 1.63. The van der Waals surface area contributed by atoms with Crippen LogP contribution in [0, 0.1) is 0 Å². The highest BCUT2D eigenvalue weighted by molar-refractivity contribution is 6.02. The molecule has 0 spiro atoms. The van der Waals surface area contributed by atoms with Crippen LogP contribution in [-0.4, -0.2) is 41.0 Å². The van der Waals surface area contributed by atoms with Crippen LogP contribution < -0.4 is 14.8 Å². The summed E-state index contributed by atoms with van der Waals surface area (Å²) in [6, 6.07) is 17.7. The molecule has 158 valence electrons. The highest BCUT2D eigenvalue weighted by Gasteiger charge is 2.13. The van der Waals surface area contributed by atoms with Gasteiger partial charge in [0.05, 0.1) is 30.4 Å². The maximum Gasteiger partial charge on any atom is 0.161 e. The van der Waals surface area contributed by atoms with Crippen molar-refractivity contribution in [3.8, 4) is 22.9 Å². The zero-order valence-corrected chi connectivity index (χ0v) is 17.8. The smallest absolute Gasteiger partial charge is 0.161 e. The van der Waals surface area contributed by atoms with E-state index in [-0.39, 0.29) is 12.4 Å². The zero-order valence-electron chi connectivity index (χ0n) is 17.0. The summed E-state index contributed by atoms with van der Waals surface area (Å²) in [6.07, 6.45) is 1.75. The van der Waals surface area contributed by atoms with Gasteiger partial charge in [0.15, 0.2) is 11.5 Å². The van der Waals surface area contributed by atoms with Crippen molar-refractivity contribution in [2.75, 3.05) is 20.2 Å². The lowest BCUT2D eigenvalue weighted by molar-refractivity contribution is 0.281. The molecular weight excluding hydrogens is 414 g/mol. The fourth-order valence-electron chi connectivity index (χ4n) is 3.45. The number of halogens is 1. The van der Waals surface area contributed by atoms with E-state index < -0.39 is 0 Å². The van der Waals surface area contributed by atoms with Crippen molar-refractivity contribution in [3.05, 3.63) is 72.1 Å². The van der Waals surface area contributed by atoms with Gasteiger partial charge in [-0.3, -0.25) is 9.98 Å². The molecule has 0 amide bonds. The molecule has 0 aliphatic carbocycles. The first-order chi connectivity index (χ1) is 14.8. The number of H-pyrrole nitrogens is 1. The number of nitrogens with zero attached hydrogens (tertiary/aromatic N) is 3. The van der Waals surface area contributed by atoms with Crippen molar-refractivity contribution >= 4 is 29.3 Å². The summed E-state index contributed by atoms with van der Waals surface area (Å²) in [5, 5.41) is 3.30. The van der Waals surface area contributed by atoms with Crippen LogP contribution in [0.1, 0.15) is 11.3 Å². The van der Waals surface area contributed by atoms with Crippen LogP contribution in [-0.2, 0) is 6.61 Å². The van der Waals surface area contributed by atoms with Crippen LogP contribution in [0.2, 0.25) is 0 Å². The number of aromatic amines is 1. The second kappa shape index (κ2) is 9.06. The minimum Gasteiger partial charge on any atom is -0.493 e. The van der Waals surface area contributed by atoms with E-state index in [2.05, 4.69) is 26.3 Å². The second-order valence-corrected chi connectivity index (χ2v) is 6.95. The van der Waals surface area contributed by atoms with Gasteiger partial charge < -0.3 is 19.8 Å². The molecule has 0 atom stereocenters. The monoisotopic (exact) mass is 435 g/mol. The lowest BCUT2D eigenvalue weighted by Gasteiger charge is -2.11. The van der Waals surface area contributed by atoms with Crippen molar-refractivity contribution < 1.29 is 9.47 Å². The first-order valence-corrected chi connectivity index (χ1v) is 9.80. The van der Waals surface area contributed by atoms with Crippen LogP contribution in [0.5, 0.6) is 11.5 Å². The van der Waals surface area contributed by atoms with E-state index in [0.717, 1.165) is 52.6 Å². The lowest BCUT2D eigenvalue weighted by atomic mass is 10.2. The van der Waals surface area contributed by atoms with Gasteiger partial charge >= 0.3 is 0 Å². The Morgan fingerprint density at radius 1 is 1.00 bits per heavy atom. The number of imidazole rings is 1. The molecule has 0 bridgehead atoms. The Hall–Kier alpha value is -3.58. The Labute approximate surface area is 186 Å². The number of aromatic nitrogens is 3. The molecule has 2 N–H and O–H groups in total. The van der Waals surface area contributed by atoms with E-state index in [1.165, 1.54) is 0 Å². The molecule has 0 radical (unpaired) electrons. The number of aliphatic imine (C=N–C) groups is 1. The summed E-state index contributed by atoms with van der Waals surface area (Å²) in [6.45, 7) is 2.08. The third-order valence-corrected chi connectivity index (χ3v) is 4.97. The molecule has 3 heterocycles. The number of fused-ring (bicyclic) bond motifs is 1. The van der Waals surface area contributed by atoms with Gasteiger partial charge in [-0.25, -0.2) is 4.98 Å². The van der Waals surface area contributed by atoms with E-state index >= 15 is 0 Å². The van der Waals surface area contributed by atoms with Crippen molar-refractivity contribution in [2.45, 2.75) is 6.61 Å². The number of methoxy groups -OCH3 is 1. The largest absolute Gasteiger partial charge is 0.493 e. The number of hydrogen-bond acceptors (Lipinski definition) is 6. The van der Waals surface area contributed by atoms with Crippen LogP contribution >= 0.6 is 12.4 Å². The Bertz CT molecular complexity index is 1220. The molecule has 2 aromatic carbocycles.